The van der Waals surface area contributed by atoms with Crippen molar-refractivity contribution in [1.29, 1.82) is 0 Å². The minimum Gasteiger partial charge on any atom is -0.506 e. The molecule has 0 radical (unpaired) electrons. The highest BCUT2D eigenvalue weighted by molar-refractivity contribution is 9.11. The molecule has 0 spiro atoms. The van der Waals surface area contributed by atoms with Gasteiger partial charge in [0.15, 0.2) is 0 Å². The van der Waals surface area contributed by atoms with Crippen molar-refractivity contribution in [2.45, 2.75) is 0 Å². The summed E-state index contributed by atoms with van der Waals surface area (Å²) in [5.74, 6) is -0.309. The third-order valence-electron chi connectivity index (χ3n) is 2.43. The van der Waals surface area contributed by atoms with E-state index in [1.807, 2.05) is 0 Å². The Kier molecular flexibility index (Phi) is 3.45. The molecule has 94 valence electrons. The van der Waals surface area contributed by atoms with Crippen molar-refractivity contribution in [2.24, 2.45) is 0 Å². The maximum absolute atomic E-state index is 11.7. The van der Waals surface area contributed by atoms with Gasteiger partial charge in [-0.15, -0.1) is 0 Å². The van der Waals surface area contributed by atoms with Gasteiger partial charge in [-0.05, 0) is 55.6 Å². The highest BCUT2D eigenvalue weighted by Crippen LogP contribution is 2.34. The minimum atomic E-state index is -0.455. The summed E-state index contributed by atoms with van der Waals surface area (Å²) in [5.41, 5.74) is 0.873. The molecule has 3 amide bonds. The quantitative estimate of drug-likeness (QED) is 0.585. The van der Waals surface area contributed by atoms with Crippen LogP contribution in [0.2, 0.25) is 0 Å². The molecule has 1 heterocycles. The lowest BCUT2D eigenvalue weighted by atomic mass is 10.2. The molecule has 2 N–H and O–H groups in total. The molecule has 1 aliphatic heterocycles. The van der Waals surface area contributed by atoms with Gasteiger partial charge in [-0.3, -0.25) is 9.69 Å². The fourth-order valence-electron chi connectivity index (χ4n) is 1.46. The monoisotopic (exact) mass is 374 g/mol. The predicted molar refractivity (Wildman–Crippen MR) is 72.8 cm³/mol. The number of hydrogen-bond donors (Lipinski definition) is 2. The van der Waals surface area contributed by atoms with Crippen LogP contribution in [0.4, 0.5) is 4.79 Å². The molecular weight excluding hydrogens is 368 g/mol. The number of hydrogen-bond acceptors (Lipinski definition) is 3. The molecule has 0 saturated carbocycles. The van der Waals surface area contributed by atoms with Gasteiger partial charge in [0.05, 0.1) is 8.95 Å². The first-order chi connectivity index (χ1) is 8.40. The van der Waals surface area contributed by atoms with E-state index in [4.69, 9.17) is 0 Å². The number of urea groups is 1. The van der Waals surface area contributed by atoms with Crippen LogP contribution in [0, 0.1) is 0 Å². The van der Waals surface area contributed by atoms with E-state index in [0.717, 1.165) is 4.90 Å². The van der Waals surface area contributed by atoms with Gasteiger partial charge in [-0.2, -0.15) is 0 Å². The highest BCUT2D eigenvalue weighted by Gasteiger charge is 2.29. The molecule has 7 heteroatoms. The summed E-state index contributed by atoms with van der Waals surface area (Å²) in [6, 6.07) is 2.83. The van der Waals surface area contributed by atoms with Crippen molar-refractivity contribution in [3.05, 3.63) is 32.3 Å². The Morgan fingerprint density at radius 1 is 1.28 bits per heavy atom. The number of phenols is 1. The fourth-order valence-corrected chi connectivity index (χ4v) is 2.68. The molecule has 5 nitrogen and oxygen atoms in total. The van der Waals surface area contributed by atoms with E-state index in [-0.39, 0.29) is 17.4 Å². The number of carbonyl (C=O) groups is 2. The first kappa shape index (κ1) is 13.1. The van der Waals surface area contributed by atoms with Gasteiger partial charge in [0.25, 0.3) is 5.91 Å². The van der Waals surface area contributed by atoms with Crippen LogP contribution in [0.15, 0.2) is 26.8 Å². The Morgan fingerprint density at radius 2 is 1.83 bits per heavy atom. The van der Waals surface area contributed by atoms with Gasteiger partial charge in [-0.1, -0.05) is 0 Å². The van der Waals surface area contributed by atoms with Crippen molar-refractivity contribution in [3.8, 4) is 5.75 Å². The first-order valence-electron chi connectivity index (χ1n) is 4.89. The Morgan fingerprint density at radius 3 is 2.28 bits per heavy atom. The first-order valence-corrected chi connectivity index (χ1v) is 6.47. The average molecular weight is 376 g/mol. The van der Waals surface area contributed by atoms with Crippen LogP contribution in [0.3, 0.4) is 0 Å². The summed E-state index contributed by atoms with van der Waals surface area (Å²) < 4.78 is 0.989. The molecule has 2 rings (SSSR count). The number of likely N-dealkylation sites (N-methyl/N-ethyl adjacent to an activating group) is 1. The summed E-state index contributed by atoms with van der Waals surface area (Å²) in [4.78, 5) is 23.9. The number of rotatable bonds is 1. The minimum absolute atomic E-state index is 0.0797. The SMILES string of the molecule is CN1C(=O)NC(=Cc2cc(Br)c(O)c(Br)c2)C1=O. The number of halogens is 2. The smallest absolute Gasteiger partial charge is 0.328 e. The zero-order valence-electron chi connectivity index (χ0n) is 9.20. The lowest BCUT2D eigenvalue weighted by Gasteiger charge is -2.03. The van der Waals surface area contributed by atoms with Crippen molar-refractivity contribution in [1.82, 2.24) is 10.2 Å². The molecule has 1 fully saturated rings. The van der Waals surface area contributed by atoms with Crippen molar-refractivity contribution in [3.63, 3.8) is 0 Å². The topological polar surface area (TPSA) is 69.6 Å². The van der Waals surface area contributed by atoms with Crippen LogP contribution in [0.1, 0.15) is 5.56 Å². The zero-order chi connectivity index (χ0) is 13.4. The largest absolute Gasteiger partial charge is 0.506 e. The second-order valence-electron chi connectivity index (χ2n) is 3.69. The standard InChI is InChI=1S/C11H8Br2N2O3/c1-15-10(17)8(14-11(15)18)4-5-2-6(12)9(16)7(13)3-5/h2-4,16H,1H3,(H,14,18). The van der Waals surface area contributed by atoms with Crippen LogP contribution in [0.25, 0.3) is 6.08 Å². The Hall–Kier alpha value is -1.34. The summed E-state index contributed by atoms with van der Waals surface area (Å²) in [7, 11) is 1.40. The van der Waals surface area contributed by atoms with E-state index < -0.39 is 6.03 Å². The molecule has 0 bridgehead atoms. The van der Waals surface area contributed by atoms with Gasteiger partial charge in [0.1, 0.15) is 11.4 Å². The third-order valence-corrected chi connectivity index (χ3v) is 3.64. The Bertz CT molecular complexity index is 561. The average Bonchev–Trinajstić information content (AvgIpc) is 2.54. The Balaban J connectivity index is 2.40. The molecule has 1 aromatic rings. The van der Waals surface area contributed by atoms with E-state index in [0.29, 0.717) is 14.5 Å². The number of phenolic OH excluding ortho intramolecular Hbond substituents is 1. The third kappa shape index (κ3) is 2.28. The number of nitrogens with zero attached hydrogens (tertiary/aromatic N) is 1. The number of amides is 3. The molecule has 0 unspecified atom stereocenters. The van der Waals surface area contributed by atoms with E-state index in [1.54, 1.807) is 18.2 Å². The van der Waals surface area contributed by atoms with E-state index in [2.05, 4.69) is 37.2 Å². The summed E-state index contributed by atoms with van der Waals surface area (Å²) in [5, 5.41) is 12.0. The molecule has 0 aromatic heterocycles. The summed E-state index contributed by atoms with van der Waals surface area (Å²) >= 11 is 6.39. The van der Waals surface area contributed by atoms with Gasteiger partial charge in [0.2, 0.25) is 0 Å². The molecule has 1 aromatic carbocycles. The normalized spacial score (nSPS) is 17.5. The predicted octanol–water partition coefficient (Wildman–Crippen LogP) is 2.44. The van der Waals surface area contributed by atoms with E-state index in [1.165, 1.54) is 7.05 Å². The second-order valence-corrected chi connectivity index (χ2v) is 5.39. The second kappa shape index (κ2) is 4.74. The molecule has 0 atom stereocenters. The number of aromatic hydroxyl groups is 1. The van der Waals surface area contributed by atoms with Crippen molar-refractivity contribution >= 4 is 49.9 Å². The summed E-state index contributed by atoms with van der Waals surface area (Å²) in [6.07, 6.45) is 1.54. The van der Waals surface area contributed by atoms with Crippen LogP contribution >= 0.6 is 31.9 Å². The van der Waals surface area contributed by atoms with E-state index in [9.17, 15) is 14.7 Å². The molecular formula is C11H8Br2N2O3. The molecule has 1 saturated heterocycles. The molecule has 18 heavy (non-hydrogen) atoms. The maximum Gasteiger partial charge on any atom is 0.328 e. The number of carbonyl (C=O) groups excluding carboxylic acids is 2. The number of benzene rings is 1. The number of imide groups is 1. The zero-order valence-corrected chi connectivity index (χ0v) is 12.4. The molecule has 0 aliphatic carbocycles. The Labute approximate surface area is 120 Å². The van der Waals surface area contributed by atoms with E-state index >= 15 is 0 Å². The maximum atomic E-state index is 11.7. The molecule has 1 aliphatic rings. The summed E-state index contributed by atoms with van der Waals surface area (Å²) in [6.45, 7) is 0. The number of nitrogens with one attached hydrogen (secondary N) is 1. The van der Waals surface area contributed by atoms with Gasteiger partial charge in [-0.25, -0.2) is 4.79 Å². The van der Waals surface area contributed by atoms with Crippen LogP contribution in [-0.2, 0) is 4.79 Å². The van der Waals surface area contributed by atoms with Crippen molar-refractivity contribution < 1.29 is 14.7 Å². The van der Waals surface area contributed by atoms with Gasteiger partial charge in [0, 0.05) is 7.05 Å². The van der Waals surface area contributed by atoms with Crippen LogP contribution in [-0.4, -0.2) is 29.0 Å². The highest BCUT2D eigenvalue weighted by atomic mass is 79.9. The van der Waals surface area contributed by atoms with Crippen molar-refractivity contribution in [2.75, 3.05) is 7.05 Å². The van der Waals surface area contributed by atoms with Crippen LogP contribution in [0.5, 0.6) is 5.75 Å². The van der Waals surface area contributed by atoms with Gasteiger partial charge >= 0.3 is 6.03 Å². The fraction of sp³-hybridized carbons (Fsp3) is 0.0909. The lowest BCUT2D eigenvalue weighted by molar-refractivity contribution is -0.121. The lowest BCUT2D eigenvalue weighted by Crippen LogP contribution is -2.25. The van der Waals surface area contributed by atoms with Gasteiger partial charge < -0.3 is 10.4 Å². The van der Waals surface area contributed by atoms with Crippen LogP contribution < -0.4 is 5.32 Å².